The third-order valence-electron chi connectivity index (χ3n) is 3.00. The van der Waals surface area contributed by atoms with E-state index in [1.165, 1.54) is 32.1 Å². The van der Waals surface area contributed by atoms with Crippen molar-refractivity contribution in [3.05, 3.63) is 11.8 Å². The molecule has 2 rings (SSSR count). The highest BCUT2D eigenvalue weighted by Gasteiger charge is 2.13. The van der Waals surface area contributed by atoms with Gasteiger partial charge in [-0.1, -0.05) is 19.3 Å². The highest BCUT2D eigenvalue weighted by atomic mass is 16.4. The fourth-order valence-corrected chi connectivity index (χ4v) is 2.18. The van der Waals surface area contributed by atoms with Crippen LogP contribution in [0.15, 0.2) is 4.42 Å². The van der Waals surface area contributed by atoms with E-state index in [4.69, 9.17) is 4.42 Å². The van der Waals surface area contributed by atoms with Crippen LogP contribution in [0, 0.1) is 12.8 Å². The summed E-state index contributed by atoms with van der Waals surface area (Å²) in [5, 5.41) is 11.1. The molecule has 1 aliphatic carbocycles. The van der Waals surface area contributed by atoms with E-state index in [0.29, 0.717) is 18.3 Å². The van der Waals surface area contributed by atoms with Crippen molar-refractivity contribution in [2.45, 2.75) is 45.6 Å². The van der Waals surface area contributed by atoms with Crippen LogP contribution in [-0.2, 0) is 6.54 Å². The molecule has 0 unspecified atom stereocenters. The van der Waals surface area contributed by atoms with E-state index in [1.54, 1.807) is 0 Å². The van der Waals surface area contributed by atoms with Crippen molar-refractivity contribution >= 4 is 0 Å². The van der Waals surface area contributed by atoms with Gasteiger partial charge < -0.3 is 9.73 Å². The highest BCUT2D eigenvalue weighted by molar-refractivity contribution is 4.78. The lowest BCUT2D eigenvalue weighted by Gasteiger charge is -2.21. The number of aromatic nitrogens is 2. The van der Waals surface area contributed by atoms with E-state index in [9.17, 15) is 0 Å². The minimum Gasteiger partial charge on any atom is -0.424 e. The molecule has 0 aromatic carbocycles. The molecule has 4 heteroatoms. The lowest BCUT2D eigenvalue weighted by atomic mass is 9.89. The Bertz CT molecular complexity index is 292. The van der Waals surface area contributed by atoms with Crippen LogP contribution >= 0.6 is 0 Å². The van der Waals surface area contributed by atoms with E-state index in [2.05, 4.69) is 15.5 Å². The van der Waals surface area contributed by atoms with Crippen molar-refractivity contribution in [2.75, 3.05) is 6.54 Å². The Kier molecular flexibility index (Phi) is 3.72. The molecule has 1 aliphatic rings. The number of rotatable bonds is 4. The topological polar surface area (TPSA) is 51.0 Å². The van der Waals surface area contributed by atoms with Gasteiger partial charge in [0.1, 0.15) is 0 Å². The van der Waals surface area contributed by atoms with Gasteiger partial charge in [-0.15, -0.1) is 10.2 Å². The van der Waals surface area contributed by atoms with E-state index in [0.717, 1.165) is 12.5 Å². The van der Waals surface area contributed by atoms with Crippen molar-refractivity contribution in [1.29, 1.82) is 0 Å². The van der Waals surface area contributed by atoms with Gasteiger partial charge in [-0.25, -0.2) is 0 Å². The van der Waals surface area contributed by atoms with Crippen molar-refractivity contribution in [3.63, 3.8) is 0 Å². The molecule has 0 amide bonds. The highest BCUT2D eigenvalue weighted by Crippen LogP contribution is 2.22. The molecule has 0 bridgehead atoms. The molecule has 0 radical (unpaired) electrons. The lowest BCUT2D eigenvalue weighted by molar-refractivity contribution is 0.334. The van der Waals surface area contributed by atoms with Crippen molar-refractivity contribution in [1.82, 2.24) is 15.5 Å². The molecule has 1 fully saturated rings. The van der Waals surface area contributed by atoms with Gasteiger partial charge in [0, 0.05) is 6.92 Å². The van der Waals surface area contributed by atoms with Crippen LogP contribution in [0.25, 0.3) is 0 Å². The fraction of sp³-hybridized carbons (Fsp3) is 0.818. The molecule has 1 heterocycles. The number of hydrogen-bond acceptors (Lipinski definition) is 4. The summed E-state index contributed by atoms with van der Waals surface area (Å²) in [5.74, 6) is 2.19. The van der Waals surface area contributed by atoms with Crippen LogP contribution in [0.3, 0.4) is 0 Å². The molecule has 1 aromatic heterocycles. The molecule has 15 heavy (non-hydrogen) atoms. The second kappa shape index (κ2) is 5.26. The van der Waals surface area contributed by atoms with Crippen LogP contribution in [0.4, 0.5) is 0 Å². The van der Waals surface area contributed by atoms with Crippen LogP contribution in [-0.4, -0.2) is 16.7 Å². The zero-order valence-electron chi connectivity index (χ0n) is 9.33. The van der Waals surface area contributed by atoms with E-state index in [-0.39, 0.29) is 0 Å². The average molecular weight is 209 g/mol. The molecule has 4 nitrogen and oxygen atoms in total. The van der Waals surface area contributed by atoms with Gasteiger partial charge >= 0.3 is 0 Å². The fourth-order valence-electron chi connectivity index (χ4n) is 2.18. The van der Waals surface area contributed by atoms with Crippen molar-refractivity contribution < 1.29 is 4.42 Å². The van der Waals surface area contributed by atoms with Crippen LogP contribution in [0.5, 0.6) is 0 Å². The Morgan fingerprint density at radius 3 is 2.73 bits per heavy atom. The maximum Gasteiger partial charge on any atom is 0.230 e. The smallest absolute Gasteiger partial charge is 0.230 e. The minimum atomic E-state index is 0.643. The molecular weight excluding hydrogens is 190 g/mol. The van der Waals surface area contributed by atoms with Gasteiger partial charge in [-0.05, 0) is 25.3 Å². The van der Waals surface area contributed by atoms with Gasteiger partial charge in [0.15, 0.2) is 0 Å². The first-order chi connectivity index (χ1) is 7.34. The average Bonchev–Trinajstić information content (AvgIpc) is 2.66. The summed E-state index contributed by atoms with van der Waals surface area (Å²) in [7, 11) is 0. The predicted molar refractivity (Wildman–Crippen MR) is 57.3 cm³/mol. The third kappa shape index (κ3) is 3.30. The molecule has 84 valence electrons. The molecule has 1 N–H and O–H groups in total. The Balaban J connectivity index is 1.65. The van der Waals surface area contributed by atoms with Gasteiger partial charge in [0.05, 0.1) is 6.54 Å². The largest absolute Gasteiger partial charge is 0.424 e. The normalized spacial score (nSPS) is 18.2. The van der Waals surface area contributed by atoms with E-state index >= 15 is 0 Å². The quantitative estimate of drug-likeness (QED) is 0.824. The summed E-state index contributed by atoms with van der Waals surface area (Å²) < 4.78 is 5.29. The van der Waals surface area contributed by atoms with Crippen molar-refractivity contribution in [2.24, 2.45) is 5.92 Å². The van der Waals surface area contributed by atoms with Crippen LogP contribution in [0.1, 0.15) is 43.9 Å². The standard InChI is InChI=1S/C11H19N3O/c1-9-13-14-11(15-9)8-12-7-10-5-3-2-4-6-10/h10,12H,2-8H2,1H3. The third-order valence-corrected chi connectivity index (χ3v) is 3.00. The number of hydrogen-bond donors (Lipinski definition) is 1. The summed E-state index contributed by atoms with van der Waals surface area (Å²) in [6, 6.07) is 0. The first kappa shape index (κ1) is 10.6. The molecule has 1 aromatic rings. The maximum absolute atomic E-state index is 5.29. The first-order valence-electron chi connectivity index (χ1n) is 5.84. The van der Waals surface area contributed by atoms with E-state index in [1.807, 2.05) is 6.92 Å². The van der Waals surface area contributed by atoms with E-state index < -0.39 is 0 Å². The van der Waals surface area contributed by atoms with Crippen molar-refractivity contribution in [3.8, 4) is 0 Å². The Morgan fingerprint density at radius 2 is 2.07 bits per heavy atom. The molecule has 0 saturated heterocycles. The Labute approximate surface area is 90.5 Å². The maximum atomic E-state index is 5.29. The Morgan fingerprint density at radius 1 is 1.27 bits per heavy atom. The van der Waals surface area contributed by atoms with Crippen LogP contribution in [0.2, 0.25) is 0 Å². The summed E-state index contributed by atoms with van der Waals surface area (Å²) in [5.41, 5.74) is 0. The van der Waals surface area contributed by atoms with Gasteiger partial charge in [0.25, 0.3) is 0 Å². The summed E-state index contributed by atoms with van der Waals surface area (Å²) in [6.45, 7) is 3.61. The second-order valence-corrected chi connectivity index (χ2v) is 4.35. The molecule has 0 atom stereocenters. The minimum absolute atomic E-state index is 0.643. The lowest BCUT2D eigenvalue weighted by Crippen LogP contribution is -2.24. The SMILES string of the molecule is Cc1nnc(CNCC2CCCCC2)o1. The summed E-state index contributed by atoms with van der Waals surface area (Å²) in [6.07, 6.45) is 6.95. The number of nitrogens with one attached hydrogen (secondary N) is 1. The molecule has 0 spiro atoms. The number of nitrogens with zero attached hydrogens (tertiary/aromatic N) is 2. The zero-order valence-corrected chi connectivity index (χ0v) is 9.33. The predicted octanol–water partition coefficient (Wildman–Crippen LogP) is 2.05. The molecular formula is C11H19N3O. The van der Waals surface area contributed by atoms with Gasteiger partial charge in [0.2, 0.25) is 11.8 Å². The number of aryl methyl sites for hydroxylation is 1. The summed E-state index contributed by atoms with van der Waals surface area (Å²) >= 11 is 0. The first-order valence-corrected chi connectivity index (χ1v) is 5.84. The van der Waals surface area contributed by atoms with Gasteiger partial charge in [-0.2, -0.15) is 0 Å². The van der Waals surface area contributed by atoms with Gasteiger partial charge in [-0.3, -0.25) is 0 Å². The monoisotopic (exact) mass is 209 g/mol. The van der Waals surface area contributed by atoms with Crippen LogP contribution < -0.4 is 5.32 Å². The Hall–Kier alpha value is -0.900. The molecule has 0 aliphatic heterocycles. The molecule has 1 saturated carbocycles. The second-order valence-electron chi connectivity index (χ2n) is 4.35. The summed E-state index contributed by atoms with van der Waals surface area (Å²) in [4.78, 5) is 0. The zero-order chi connectivity index (χ0) is 10.5.